The molecule has 0 aromatic heterocycles. The summed E-state index contributed by atoms with van der Waals surface area (Å²) in [6, 6.07) is 7.22. The van der Waals surface area contributed by atoms with Crippen LogP contribution in [0.1, 0.15) is 19.4 Å². The lowest BCUT2D eigenvalue weighted by molar-refractivity contribution is -0.384. The summed E-state index contributed by atoms with van der Waals surface area (Å²) in [5, 5.41) is 13.7. The fourth-order valence-corrected chi connectivity index (χ4v) is 1.59. The van der Waals surface area contributed by atoms with Gasteiger partial charge in [-0.15, -0.1) is 0 Å². The minimum Gasteiger partial charge on any atom is -0.317 e. The standard InChI is InChI=1S/C12H18N2O2/c1-9(10(2)13-3)8-11-4-6-12(7-5-11)14(15)16/h4-7,9-10,13H,8H2,1-3H3. The molecule has 0 bridgehead atoms. The number of benzene rings is 1. The lowest BCUT2D eigenvalue weighted by Gasteiger charge is -2.19. The van der Waals surface area contributed by atoms with Crippen LogP contribution in [0.4, 0.5) is 5.69 Å². The third kappa shape index (κ3) is 3.31. The van der Waals surface area contributed by atoms with Gasteiger partial charge < -0.3 is 5.32 Å². The molecule has 1 rings (SSSR count). The molecule has 0 radical (unpaired) electrons. The smallest absolute Gasteiger partial charge is 0.269 e. The maximum absolute atomic E-state index is 10.5. The molecule has 2 atom stereocenters. The molecule has 0 fully saturated rings. The maximum Gasteiger partial charge on any atom is 0.269 e. The van der Waals surface area contributed by atoms with Crippen molar-refractivity contribution >= 4 is 5.69 Å². The van der Waals surface area contributed by atoms with E-state index in [0.29, 0.717) is 12.0 Å². The number of nitrogens with one attached hydrogen (secondary N) is 1. The van der Waals surface area contributed by atoms with Crippen LogP contribution < -0.4 is 5.32 Å². The van der Waals surface area contributed by atoms with Crippen LogP contribution >= 0.6 is 0 Å². The van der Waals surface area contributed by atoms with Gasteiger partial charge in [0.25, 0.3) is 5.69 Å². The number of nitrogens with zero attached hydrogens (tertiary/aromatic N) is 1. The molecule has 1 N–H and O–H groups in total. The van der Waals surface area contributed by atoms with Gasteiger partial charge in [0.2, 0.25) is 0 Å². The van der Waals surface area contributed by atoms with Crippen molar-refractivity contribution in [2.45, 2.75) is 26.3 Å². The summed E-state index contributed by atoms with van der Waals surface area (Å²) < 4.78 is 0. The Kier molecular flexibility index (Phi) is 4.43. The minimum atomic E-state index is -0.372. The summed E-state index contributed by atoms with van der Waals surface area (Å²) in [6.45, 7) is 4.30. The Bertz CT molecular complexity index is 349. The molecule has 0 saturated heterocycles. The molecule has 0 spiro atoms. The van der Waals surface area contributed by atoms with E-state index in [2.05, 4.69) is 19.2 Å². The normalized spacial score (nSPS) is 14.4. The van der Waals surface area contributed by atoms with Gasteiger partial charge in [-0.1, -0.05) is 19.1 Å². The Morgan fingerprint density at radius 1 is 1.31 bits per heavy atom. The topological polar surface area (TPSA) is 55.2 Å². The zero-order valence-corrected chi connectivity index (χ0v) is 9.93. The summed E-state index contributed by atoms with van der Waals surface area (Å²) in [6.07, 6.45) is 0.931. The zero-order valence-electron chi connectivity index (χ0n) is 9.93. The second kappa shape index (κ2) is 5.61. The number of non-ortho nitro benzene ring substituents is 1. The van der Waals surface area contributed by atoms with Gasteiger partial charge in [-0.3, -0.25) is 10.1 Å². The highest BCUT2D eigenvalue weighted by atomic mass is 16.6. The Balaban J connectivity index is 2.65. The predicted octanol–water partition coefficient (Wildman–Crippen LogP) is 2.38. The van der Waals surface area contributed by atoms with Crippen molar-refractivity contribution < 1.29 is 4.92 Å². The maximum atomic E-state index is 10.5. The molecule has 2 unspecified atom stereocenters. The van der Waals surface area contributed by atoms with Gasteiger partial charge in [0, 0.05) is 18.2 Å². The molecule has 16 heavy (non-hydrogen) atoms. The molecule has 1 aromatic rings. The fraction of sp³-hybridized carbons (Fsp3) is 0.500. The predicted molar refractivity (Wildman–Crippen MR) is 64.5 cm³/mol. The molecule has 0 aliphatic carbocycles. The minimum absolute atomic E-state index is 0.151. The molecular formula is C12H18N2O2. The van der Waals surface area contributed by atoms with E-state index >= 15 is 0 Å². The van der Waals surface area contributed by atoms with Crippen molar-refractivity contribution in [3.63, 3.8) is 0 Å². The van der Waals surface area contributed by atoms with Gasteiger partial charge >= 0.3 is 0 Å². The SMILES string of the molecule is CNC(C)C(C)Cc1ccc([N+](=O)[O-])cc1. The highest BCUT2D eigenvalue weighted by molar-refractivity contribution is 5.33. The second-order valence-electron chi connectivity index (χ2n) is 4.18. The molecule has 0 amide bonds. The average molecular weight is 222 g/mol. The first-order valence-electron chi connectivity index (χ1n) is 5.45. The first-order chi connectivity index (χ1) is 7.54. The van der Waals surface area contributed by atoms with Crippen LogP contribution in [0.3, 0.4) is 0 Å². The molecule has 4 heteroatoms. The molecule has 0 saturated carbocycles. The Labute approximate surface area is 95.8 Å². The molecular weight excluding hydrogens is 204 g/mol. The van der Waals surface area contributed by atoms with Gasteiger partial charge in [0.15, 0.2) is 0 Å². The highest BCUT2D eigenvalue weighted by Crippen LogP contribution is 2.16. The lowest BCUT2D eigenvalue weighted by Crippen LogP contribution is -2.29. The number of hydrogen-bond donors (Lipinski definition) is 1. The van der Waals surface area contributed by atoms with E-state index in [1.807, 2.05) is 19.2 Å². The fourth-order valence-electron chi connectivity index (χ4n) is 1.59. The third-order valence-electron chi connectivity index (χ3n) is 3.01. The van der Waals surface area contributed by atoms with E-state index in [1.165, 1.54) is 0 Å². The first kappa shape index (κ1) is 12.6. The van der Waals surface area contributed by atoms with Gasteiger partial charge in [-0.2, -0.15) is 0 Å². The van der Waals surface area contributed by atoms with E-state index in [1.54, 1.807) is 12.1 Å². The molecule has 0 aliphatic rings. The Morgan fingerprint density at radius 2 is 1.88 bits per heavy atom. The summed E-state index contributed by atoms with van der Waals surface area (Å²) in [5.41, 5.74) is 1.29. The van der Waals surface area contributed by atoms with E-state index in [-0.39, 0.29) is 10.6 Å². The summed E-state index contributed by atoms with van der Waals surface area (Å²) >= 11 is 0. The zero-order chi connectivity index (χ0) is 12.1. The Morgan fingerprint density at radius 3 is 2.31 bits per heavy atom. The van der Waals surface area contributed by atoms with E-state index in [0.717, 1.165) is 12.0 Å². The molecule has 0 heterocycles. The van der Waals surface area contributed by atoms with Gasteiger partial charge in [-0.25, -0.2) is 0 Å². The van der Waals surface area contributed by atoms with Crippen LogP contribution in [0.25, 0.3) is 0 Å². The van der Waals surface area contributed by atoms with Crippen molar-refractivity contribution in [3.05, 3.63) is 39.9 Å². The molecule has 0 aliphatic heterocycles. The van der Waals surface area contributed by atoms with E-state index in [4.69, 9.17) is 0 Å². The molecule has 4 nitrogen and oxygen atoms in total. The number of rotatable bonds is 5. The lowest BCUT2D eigenvalue weighted by atomic mass is 9.95. The van der Waals surface area contributed by atoms with Crippen LogP contribution in [-0.4, -0.2) is 18.0 Å². The van der Waals surface area contributed by atoms with Crippen LogP contribution in [0, 0.1) is 16.0 Å². The monoisotopic (exact) mass is 222 g/mol. The molecule has 88 valence electrons. The Hall–Kier alpha value is -1.42. The molecule has 1 aromatic carbocycles. The third-order valence-corrected chi connectivity index (χ3v) is 3.01. The second-order valence-corrected chi connectivity index (χ2v) is 4.18. The largest absolute Gasteiger partial charge is 0.317 e. The van der Waals surface area contributed by atoms with E-state index in [9.17, 15) is 10.1 Å². The summed E-state index contributed by atoms with van der Waals surface area (Å²) in [5.74, 6) is 0.506. The summed E-state index contributed by atoms with van der Waals surface area (Å²) in [4.78, 5) is 10.1. The van der Waals surface area contributed by atoms with Crippen molar-refractivity contribution in [2.24, 2.45) is 5.92 Å². The van der Waals surface area contributed by atoms with Crippen molar-refractivity contribution in [1.29, 1.82) is 0 Å². The van der Waals surface area contributed by atoms with Crippen LogP contribution in [0.15, 0.2) is 24.3 Å². The van der Waals surface area contributed by atoms with Crippen molar-refractivity contribution in [1.82, 2.24) is 5.32 Å². The first-order valence-corrected chi connectivity index (χ1v) is 5.45. The van der Waals surface area contributed by atoms with Crippen LogP contribution in [-0.2, 0) is 6.42 Å². The number of nitro benzene ring substituents is 1. The van der Waals surface area contributed by atoms with Gasteiger partial charge in [0.05, 0.1) is 4.92 Å². The van der Waals surface area contributed by atoms with Gasteiger partial charge in [0.1, 0.15) is 0 Å². The summed E-state index contributed by atoms with van der Waals surface area (Å²) in [7, 11) is 1.94. The van der Waals surface area contributed by atoms with Crippen LogP contribution in [0.5, 0.6) is 0 Å². The number of hydrogen-bond acceptors (Lipinski definition) is 3. The van der Waals surface area contributed by atoms with Crippen molar-refractivity contribution in [3.8, 4) is 0 Å². The van der Waals surface area contributed by atoms with Crippen LogP contribution in [0.2, 0.25) is 0 Å². The van der Waals surface area contributed by atoms with E-state index < -0.39 is 0 Å². The van der Waals surface area contributed by atoms with Gasteiger partial charge in [-0.05, 0) is 31.9 Å². The van der Waals surface area contributed by atoms with Crippen molar-refractivity contribution in [2.75, 3.05) is 7.05 Å². The average Bonchev–Trinajstić information content (AvgIpc) is 2.28. The highest BCUT2D eigenvalue weighted by Gasteiger charge is 2.11. The number of nitro groups is 1. The quantitative estimate of drug-likeness (QED) is 0.614.